The summed E-state index contributed by atoms with van der Waals surface area (Å²) < 4.78 is 26.8. The molecule has 27 heavy (non-hydrogen) atoms. The highest BCUT2D eigenvalue weighted by Crippen LogP contribution is 2.18. The molecule has 0 unspecified atom stereocenters. The number of aromatic nitrogens is 1. The second kappa shape index (κ2) is 8.16. The van der Waals surface area contributed by atoms with Crippen LogP contribution in [0.5, 0.6) is 0 Å². The average molecular weight is 388 g/mol. The van der Waals surface area contributed by atoms with Crippen LogP contribution in [0.2, 0.25) is 0 Å². The number of hydrogen-bond acceptors (Lipinski definition) is 5. The van der Waals surface area contributed by atoms with Gasteiger partial charge in [0.15, 0.2) is 0 Å². The van der Waals surface area contributed by atoms with Gasteiger partial charge < -0.3 is 5.32 Å². The van der Waals surface area contributed by atoms with E-state index in [1.165, 1.54) is 10.5 Å². The summed E-state index contributed by atoms with van der Waals surface area (Å²) in [5, 5.41) is 2.93. The average Bonchev–Trinajstić information content (AvgIpc) is 2.68. The number of nitrogens with one attached hydrogen (secondary N) is 1. The van der Waals surface area contributed by atoms with Gasteiger partial charge in [-0.25, -0.2) is 8.42 Å². The molecule has 0 saturated carbocycles. The fourth-order valence-corrected chi connectivity index (χ4v) is 4.50. The van der Waals surface area contributed by atoms with Crippen LogP contribution in [0, 0.1) is 6.92 Å². The summed E-state index contributed by atoms with van der Waals surface area (Å²) in [5.74, 6) is -0.0934. The van der Waals surface area contributed by atoms with Gasteiger partial charge in [-0.05, 0) is 43.7 Å². The van der Waals surface area contributed by atoms with E-state index in [1.807, 2.05) is 43.0 Å². The second-order valence-electron chi connectivity index (χ2n) is 6.66. The van der Waals surface area contributed by atoms with Gasteiger partial charge in [0.1, 0.15) is 4.90 Å². The molecular formula is C19H24N4O3S. The molecule has 8 heteroatoms. The Morgan fingerprint density at radius 2 is 1.89 bits per heavy atom. The number of carbonyl (C=O) groups is 1. The lowest BCUT2D eigenvalue weighted by Crippen LogP contribution is -2.53. The maximum absolute atomic E-state index is 12.7. The van der Waals surface area contributed by atoms with Crippen LogP contribution in [0.3, 0.4) is 0 Å². The molecule has 1 aromatic carbocycles. The molecule has 2 aromatic rings. The molecule has 1 atom stereocenters. The molecule has 1 saturated heterocycles. The molecule has 3 rings (SSSR count). The predicted molar refractivity (Wildman–Crippen MR) is 104 cm³/mol. The first-order valence-electron chi connectivity index (χ1n) is 8.90. The van der Waals surface area contributed by atoms with E-state index in [9.17, 15) is 13.2 Å². The normalized spacial score (nSPS) is 17.4. The number of aryl methyl sites for hydroxylation is 1. The Kier molecular flexibility index (Phi) is 5.88. The SMILES string of the molecule is Cc1cccc(NC(=O)[C@H](C)N2CCN(S(=O)(=O)c3cccnc3)CC2)c1. The van der Waals surface area contributed by atoms with Crippen molar-refractivity contribution in [2.24, 2.45) is 0 Å². The van der Waals surface area contributed by atoms with Crippen LogP contribution < -0.4 is 5.32 Å². The fourth-order valence-electron chi connectivity index (χ4n) is 3.12. The summed E-state index contributed by atoms with van der Waals surface area (Å²) in [6.07, 6.45) is 2.91. The molecule has 1 amide bonds. The van der Waals surface area contributed by atoms with Crippen molar-refractivity contribution in [3.05, 3.63) is 54.4 Å². The van der Waals surface area contributed by atoms with Crippen molar-refractivity contribution in [2.75, 3.05) is 31.5 Å². The van der Waals surface area contributed by atoms with Crippen LogP contribution in [-0.4, -0.2) is 60.7 Å². The number of piperazine rings is 1. The van der Waals surface area contributed by atoms with Gasteiger partial charge >= 0.3 is 0 Å². The maximum Gasteiger partial charge on any atom is 0.244 e. The third kappa shape index (κ3) is 4.52. The Morgan fingerprint density at radius 3 is 2.52 bits per heavy atom. The van der Waals surface area contributed by atoms with Gasteiger partial charge in [-0.1, -0.05) is 12.1 Å². The van der Waals surface area contributed by atoms with E-state index in [0.29, 0.717) is 26.2 Å². The van der Waals surface area contributed by atoms with Crippen LogP contribution >= 0.6 is 0 Å². The minimum absolute atomic E-state index is 0.0934. The standard InChI is InChI=1S/C19H24N4O3S/c1-15-5-3-6-17(13-15)21-19(24)16(2)22-9-11-23(12-10-22)27(25,26)18-7-4-8-20-14-18/h3-8,13-14,16H,9-12H2,1-2H3,(H,21,24)/t16-/m0/s1. The monoisotopic (exact) mass is 388 g/mol. The van der Waals surface area contributed by atoms with Crippen molar-refractivity contribution >= 4 is 21.6 Å². The Morgan fingerprint density at radius 1 is 1.15 bits per heavy atom. The Labute approximate surface area is 160 Å². The predicted octanol–water partition coefficient (Wildman–Crippen LogP) is 1.72. The van der Waals surface area contributed by atoms with Crippen LogP contribution in [0.4, 0.5) is 5.69 Å². The number of nitrogens with zero attached hydrogens (tertiary/aromatic N) is 3. The van der Waals surface area contributed by atoms with Gasteiger partial charge in [0.2, 0.25) is 15.9 Å². The number of benzene rings is 1. The highest BCUT2D eigenvalue weighted by molar-refractivity contribution is 7.89. The van der Waals surface area contributed by atoms with Crippen LogP contribution in [0.1, 0.15) is 12.5 Å². The molecule has 0 bridgehead atoms. The van der Waals surface area contributed by atoms with Gasteiger partial charge in [-0.3, -0.25) is 14.7 Å². The first-order valence-corrected chi connectivity index (χ1v) is 10.3. The largest absolute Gasteiger partial charge is 0.325 e. The summed E-state index contributed by atoms with van der Waals surface area (Å²) in [5.41, 5.74) is 1.85. The lowest BCUT2D eigenvalue weighted by Gasteiger charge is -2.36. The highest BCUT2D eigenvalue weighted by Gasteiger charge is 2.31. The molecule has 1 aromatic heterocycles. The Hall–Kier alpha value is -2.29. The van der Waals surface area contributed by atoms with Crippen molar-refractivity contribution in [1.82, 2.24) is 14.2 Å². The van der Waals surface area contributed by atoms with Gasteiger partial charge in [-0.2, -0.15) is 4.31 Å². The molecule has 0 aliphatic carbocycles. The molecule has 1 aliphatic rings. The van der Waals surface area contributed by atoms with Gasteiger partial charge in [-0.15, -0.1) is 0 Å². The van der Waals surface area contributed by atoms with Crippen molar-refractivity contribution in [2.45, 2.75) is 24.8 Å². The molecule has 2 heterocycles. The lowest BCUT2D eigenvalue weighted by atomic mass is 10.2. The van der Waals surface area contributed by atoms with Crippen molar-refractivity contribution in [3.8, 4) is 0 Å². The first kappa shape index (κ1) is 19.5. The van der Waals surface area contributed by atoms with Crippen molar-refractivity contribution < 1.29 is 13.2 Å². The zero-order valence-corrected chi connectivity index (χ0v) is 16.3. The van der Waals surface area contributed by atoms with Crippen molar-refractivity contribution in [1.29, 1.82) is 0 Å². The lowest BCUT2D eigenvalue weighted by molar-refractivity contribution is -0.121. The van der Waals surface area contributed by atoms with Crippen LogP contribution in [0.15, 0.2) is 53.7 Å². The number of pyridine rings is 1. The summed E-state index contributed by atoms with van der Waals surface area (Å²) in [6.45, 7) is 5.51. The fraction of sp³-hybridized carbons (Fsp3) is 0.368. The Bertz CT molecular complexity index is 894. The summed E-state index contributed by atoms with van der Waals surface area (Å²) in [7, 11) is -3.54. The number of anilines is 1. The number of sulfonamides is 1. The quantitative estimate of drug-likeness (QED) is 0.843. The zero-order chi connectivity index (χ0) is 19.4. The van der Waals surface area contributed by atoms with Crippen molar-refractivity contribution in [3.63, 3.8) is 0 Å². The van der Waals surface area contributed by atoms with E-state index in [4.69, 9.17) is 0 Å². The van der Waals surface area contributed by atoms with Crippen LogP contribution in [-0.2, 0) is 14.8 Å². The zero-order valence-electron chi connectivity index (χ0n) is 15.5. The molecule has 1 N–H and O–H groups in total. The van der Waals surface area contributed by atoms with E-state index in [-0.39, 0.29) is 16.8 Å². The van der Waals surface area contributed by atoms with E-state index in [2.05, 4.69) is 10.3 Å². The summed E-state index contributed by atoms with van der Waals surface area (Å²) in [4.78, 5) is 18.6. The highest BCUT2D eigenvalue weighted by atomic mass is 32.2. The molecule has 0 spiro atoms. The molecule has 1 fully saturated rings. The second-order valence-corrected chi connectivity index (χ2v) is 8.60. The molecule has 1 aliphatic heterocycles. The van der Waals surface area contributed by atoms with Gasteiger partial charge in [0.25, 0.3) is 0 Å². The van der Waals surface area contributed by atoms with E-state index in [1.54, 1.807) is 18.3 Å². The Balaban J connectivity index is 1.59. The third-order valence-corrected chi connectivity index (χ3v) is 6.64. The smallest absolute Gasteiger partial charge is 0.244 e. The molecule has 144 valence electrons. The number of rotatable bonds is 5. The minimum Gasteiger partial charge on any atom is -0.325 e. The molecule has 7 nitrogen and oxygen atoms in total. The van der Waals surface area contributed by atoms with E-state index in [0.717, 1.165) is 11.3 Å². The summed E-state index contributed by atoms with van der Waals surface area (Å²) >= 11 is 0. The number of carbonyl (C=O) groups excluding carboxylic acids is 1. The van der Waals surface area contributed by atoms with Gasteiger partial charge in [0, 0.05) is 44.3 Å². The van der Waals surface area contributed by atoms with Crippen LogP contribution in [0.25, 0.3) is 0 Å². The van der Waals surface area contributed by atoms with E-state index < -0.39 is 10.0 Å². The molecule has 0 radical (unpaired) electrons. The topological polar surface area (TPSA) is 82.6 Å². The minimum atomic E-state index is -3.54. The first-order chi connectivity index (χ1) is 12.9. The summed E-state index contributed by atoms with van der Waals surface area (Å²) in [6, 6.07) is 10.5. The maximum atomic E-state index is 12.7. The third-order valence-electron chi connectivity index (χ3n) is 4.76. The molecular weight excluding hydrogens is 364 g/mol. The number of amides is 1. The number of hydrogen-bond donors (Lipinski definition) is 1. The van der Waals surface area contributed by atoms with Gasteiger partial charge in [0.05, 0.1) is 6.04 Å². The van der Waals surface area contributed by atoms with E-state index >= 15 is 0 Å².